The maximum atomic E-state index is 12.6. The highest BCUT2D eigenvalue weighted by Gasteiger charge is 2.22. The van der Waals surface area contributed by atoms with Crippen LogP contribution < -0.4 is 10.0 Å². The molecule has 2 aromatic rings. The topological polar surface area (TPSA) is 99.6 Å². The zero-order valence-corrected chi connectivity index (χ0v) is 15.2. The van der Waals surface area contributed by atoms with Crippen molar-refractivity contribution in [2.75, 3.05) is 19.9 Å². The van der Waals surface area contributed by atoms with Crippen LogP contribution in [-0.4, -0.2) is 47.9 Å². The summed E-state index contributed by atoms with van der Waals surface area (Å²) in [6, 6.07) is 4.91. The smallest absolute Gasteiger partial charge is 0.266 e. The third-order valence-electron chi connectivity index (χ3n) is 3.69. The Labute approximate surface area is 145 Å². The van der Waals surface area contributed by atoms with E-state index in [4.69, 9.17) is 0 Å². The van der Waals surface area contributed by atoms with Crippen LogP contribution >= 0.6 is 11.7 Å². The Morgan fingerprint density at radius 1 is 1.38 bits per heavy atom. The molecule has 0 amide bonds. The molecule has 1 aliphatic heterocycles. The molecular formula is C14H20N6O2S2. The molecule has 0 atom stereocenters. The first-order valence-corrected chi connectivity index (χ1v) is 9.92. The summed E-state index contributed by atoms with van der Waals surface area (Å²) in [6.45, 7) is 6.32. The standard InChI is InChI=1S/C14H20N6O2S2/c1-10(2)6-7-20-8-15-14(16-9-20)19-24(21,22)12-5-3-4-11-13(12)18-23-17-11/h3-5,10H,6-9H2,1-2H3,(H2,15,16,19). The molecule has 2 N–H and O–H groups in total. The van der Waals surface area contributed by atoms with Gasteiger partial charge in [0.15, 0.2) is 0 Å². The summed E-state index contributed by atoms with van der Waals surface area (Å²) >= 11 is 0.992. The Morgan fingerprint density at radius 3 is 2.92 bits per heavy atom. The molecule has 0 saturated carbocycles. The molecule has 0 spiro atoms. The van der Waals surface area contributed by atoms with E-state index in [-0.39, 0.29) is 10.9 Å². The minimum absolute atomic E-state index is 0.112. The largest absolute Gasteiger partial charge is 0.343 e. The fraction of sp³-hybridized carbons (Fsp3) is 0.500. The van der Waals surface area contributed by atoms with Crippen LogP contribution in [-0.2, 0) is 10.0 Å². The molecule has 1 aliphatic rings. The summed E-state index contributed by atoms with van der Waals surface area (Å²) < 4.78 is 35.8. The van der Waals surface area contributed by atoms with Gasteiger partial charge in [0, 0.05) is 6.54 Å². The van der Waals surface area contributed by atoms with Gasteiger partial charge >= 0.3 is 0 Å². The molecule has 10 heteroatoms. The number of hydrogen-bond acceptors (Lipinski definition) is 8. The second-order valence-corrected chi connectivity index (χ2v) is 8.23. The average molecular weight is 368 g/mol. The number of fused-ring (bicyclic) bond motifs is 1. The van der Waals surface area contributed by atoms with Crippen molar-refractivity contribution >= 4 is 38.7 Å². The number of hydrogen-bond donors (Lipinski definition) is 2. The molecule has 1 aromatic carbocycles. The Hall–Kier alpha value is -1.78. The summed E-state index contributed by atoms with van der Waals surface area (Å²) in [7, 11) is -3.76. The van der Waals surface area contributed by atoms with Crippen LogP contribution in [0.1, 0.15) is 20.3 Å². The molecule has 0 aliphatic carbocycles. The van der Waals surface area contributed by atoms with E-state index in [1.54, 1.807) is 12.1 Å². The van der Waals surface area contributed by atoms with Gasteiger partial charge in [0.2, 0.25) is 5.96 Å². The van der Waals surface area contributed by atoms with Crippen molar-refractivity contribution in [3.63, 3.8) is 0 Å². The predicted octanol–water partition coefficient (Wildman–Crippen LogP) is 1.19. The zero-order valence-electron chi connectivity index (χ0n) is 13.6. The van der Waals surface area contributed by atoms with Crippen LogP contribution in [0.5, 0.6) is 0 Å². The Morgan fingerprint density at radius 2 is 2.21 bits per heavy atom. The van der Waals surface area contributed by atoms with E-state index in [0.29, 0.717) is 30.3 Å². The van der Waals surface area contributed by atoms with Gasteiger partial charge in [-0.25, -0.2) is 18.1 Å². The van der Waals surface area contributed by atoms with Crippen molar-refractivity contribution in [2.45, 2.75) is 25.2 Å². The van der Waals surface area contributed by atoms with Crippen molar-refractivity contribution < 1.29 is 8.42 Å². The van der Waals surface area contributed by atoms with Gasteiger partial charge in [-0.2, -0.15) is 8.75 Å². The van der Waals surface area contributed by atoms with Gasteiger partial charge in [0.05, 0.1) is 25.1 Å². The minimum atomic E-state index is -3.76. The number of nitrogens with zero attached hydrogens (tertiary/aromatic N) is 4. The van der Waals surface area contributed by atoms with E-state index in [1.165, 1.54) is 6.07 Å². The maximum Gasteiger partial charge on any atom is 0.266 e. The molecule has 3 rings (SSSR count). The lowest BCUT2D eigenvalue weighted by Crippen LogP contribution is -2.50. The monoisotopic (exact) mass is 368 g/mol. The molecule has 0 saturated heterocycles. The lowest BCUT2D eigenvalue weighted by atomic mass is 10.1. The van der Waals surface area contributed by atoms with Crippen LogP contribution in [0.2, 0.25) is 0 Å². The molecule has 1 aromatic heterocycles. The van der Waals surface area contributed by atoms with Gasteiger partial charge in [-0.1, -0.05) is 19.9 Å². The fourth-order valence-corrected chi connectivity index (χ4v) is 4.07. The molecule has 0 fully saturated rings. The number of aromatic nitrogens is 2. The molecule has 8 nitrogen and oxygen atoms in total. The predicted molar refractivity (Wildman–Crippen MR) is 94.2 cm³/mol. The van der Waals surface area contributed by atoms with E-state index in [0.717, 1.165) is 24.7 Å². The number of sulfonamides is 1. The average Bonchev–Trinajstić information content (AvgIpc) is 3.02. The summed E-state index contributed by atoms with van der Waals surface area (Å²) in [5, 5.41) is 3.01. The first-order chi connectivity index (χ1) is 11.5. The minimum Gasteiger partial charge on any atom is -0.343 e. The number of benzene rings is 1. The normalized spacial score (nSPS) is 16.2. The van der Waals surface area contributed by atoms with Crippen molar-refractivity contribution in [1.29, 1.82) is 0 Å². The van der Waals surface area contributed by atoms with Crippen LogP contribution in [0.25, 0.3) is 11.0 Å². The Balaban J connectivity index is 1.71. The third kappa shape index (κ3) is 3.82. The molecular weight excluding hydrogens is 348 g/mol. The summed E-state index contributed by atoms with van der Waals surface area (Å²) in [4.78, 5) is 6.51. The Bertz CT molecular complexity index is 846. The van der Waals surface area contributed by atoms with Crippen LogP contribution in [0, 0.1) is 5.92 Å². The van der Waals surface area contributed by atoms with Gasteiger partial charge in [-0.05, 0) is 24.5 Å². The highest BCUT2D eigenvalue weighted by molar-refractivity contribution is 7.90. The second kappa shape index (κ2) is 6.99. The third-order valence-corrected chi connectivity index (χ3v) is 5.60. The highest BCUT2D eigenvalue weighted by Crippen LogP contribution is 2.20. The van der Waals surface area contributed by atoms with Crippen LogP contribution in [0.15, 0.2) is 28.1 Å². The second-order valence-electron chi connectivity index (χ2n) is 6.05. The van der Waals surface area contributed by atoms with E-state index in [1.807, 2.05) is 0 Å². The quantitative estimate of drug-likeness (QED) is 0.822. The molecule has 0 radical (unpaired) electrons. The number of aliphatic imine (C=N–C) groups is 1. The lowest BCUT2D eigenvalue weighted by Gasteiger charge is -2.27. The number of guanidine groups is 1. The molecule has 0 unspecified atom stereocenters. The maximum absolute atomic E-state index is 12.6. The van der Waals surface area contributed by atoms with Gasteiger partial charge in [-0.3, -0.25) is 4.90 Å². The fourth-order valence-electron chi connectivity index (χ4n) is 2.30. The number of rotatable bonds is 5. The summed E-state index contributed by atoms with van der Waals surface area (Å²) in [5.74, 6) is 0.886. The summed E-state index contributed by atoms with van der Waals surface area (Å²) in [5.41, 5.74) is 0.950. The van der Waals surface area contributed by atoms with Gasteiger partial charge in [0.1, 0.15) is 15.9 Å². The van der Waals surface area contributed by atoms with Crippen LogP contribution in [0.4, 0.5) is 0 Å². The van der Waals surface area contributed by atoms with Crippen molar-refractivity contribution in [1.82, 2.24) is 23.7 Å². The highest BCUT2D eigenvalue weighted by atomic mass is 32.2. The van der Waals surface area contributed by atoms with E-state index in [9.17, 15) is 8.42 Å². The van der Waals surface area contributed by atoms with Gasteiger partial charge in [-0.15, -0.1) is 0 Å². The summed E-state index contributed by atoms with van der Waals surface area (Å²) in [6.07, 6.45) is 1.08. The first kappa shape index (κ1) is 17.1. The number of nitrogens with one attached hydrogen (secondary N) is 2. The van der Waals surface area contributed by atoms with Crippen molar-refractivity contribution in [3.05, 3.63) is 18.2 Å². The van der Waals surface area contributed by atoms with E-state index >= 15 is 0 Å². The van der Waals surface area contributed by atoms with Gasteiger partial charge < -0.3 is 5.32 Å². The van der Waals surface area contributed by atoms with Crippen molar-refractivity contribution in [2.24, 2.45) is 10.9 Å². The lowest BCUT2D eigenvalue weighted by molar-refractivity contribution is 0.248. The van der Waals surface area contributed by atoms with Crippen LogP contribution in [0.3, 0.4) is 0 Å². The molecule has 24 heavy (non-hydrogen) atoms. The SMILES string of the molecule is CC(C)CCN1CN=C(NS(=O)(=O)c2cccc3nsnc23)NC1. The molecule has 2 heterocycles. The van der Waals surface area contributed by atoms with Gasteiger partial charge in [0.25, 0.3) is 10.0 Å². The van der Waals surface area contributed by atoms with Crippen molar-refractivity contribution in [3.8, 4) is 0 Å². The first-order valence-electron chi connectivity index (χ1n) is 7.70. The zero-order chi connectivity index (χ0) is 17.2. The van der Waals surface area contributed by atoms with E-state index in [2.05, 4.69) is 42.5 Å². The van der Waals surface area contributed by atoms with E-state index < -0.39 is 10.0 Å². The Kier molecular flexibility index (Phi) is 4.97. The molecule has 0 bridgehead atoms. The molecule has 130 valence electrons.